The highest BCUT2D eigenvalue weighted by Gasteiger charge is 2.23. The Hall–Kier alpha value is -1.70. The minimum absolute atomic E-state index is 0.179. The van der Waals surface area contributed by atoms with Gasteiger partial charge >= 0.3 is 5.97 Å². The van der Waals surface area contributed by atoms with Gasteiger partial charge in [-0.05, 0) is 51.8 Å². The number of halogens is 1. The van der Waals surface area contributed by atoms with E-state index in [2.05, 4.69) is 96.4 Å². The molecule has 0 saturated carbocycles. The largest absolute Gasteiger partial charge is 0.466 e. The van der Waals surface area contributed by atoms with Crippen molar-refractivity contribution in [1.82, 2.24) is 4.90 Å². The van der Waals surface area contributed by atoms with Gasteiger partial charge in [0.1, 0.15) is 0 Å². The molecule has 0 aliphatic carbocycles. The van der Waals surface area contributed by atoms with Gasteiger partial charge in [0.15, 0.2) is 0 Å². The highest BCUT2D eigenvalue weighted by molar-refractivity contribution is 14.1. The summed E-state index contributed by atoms with van der Waals surface area (Å²) in [5.41, 5.74) is 2.87. The fourth-order valence-electron chi connectivity index (χ4n) is 3.16. The van der Waals surface area contributed by atoms with Crippen molar-refractivity contribution < 1.29 is 14.3 Å². The lowest BCUT2D eigenvalue weighted by atomic mass is 10.0. The molecule has 0 amide bonds. The summed E-state index contributed by atoms with van der Waals surface area (Å²) >= 11 is 2.33. The first-order chi connectivity index (χ1) is 13.9. The third-order valence-electron chi connectivity index (χ3n) is 4.80. The summed E-state index contributed by atoms with van der Waals surface area (Å²) in [5.74, 6) is -0.0416. The van der Waals surface area contributed by atoms with Crippen molar-refractivity contribution in [3.8, 4) is 0 Å². The van der Waals surface area contributed by atoms with Crippen molar-refractivity contribution in [2.75, 3.05) is 20.3 Å². The number of carbonyl (C=O) groups excluding carboxylic acids is 1. The zero-order valence-corrected chi connectivity index (χ0v) is 19.6. The Morgan fingerprint density at radius 3 is 2.17 bits per heavy atom. The first kappa shape index (κ1) is 23.6. The molecule has 0 saturated heterocycles. The van der Waals surface area contributed by atoms with Gasteiger partial charge < -0.3 is 9.47 Å². The lowest BCUT2D eigenvalue weighted by molar-refractivity contribution is -0.136. The number of ether oxygens (including phenoxy) is 2. The van der Waals surface area contributed by atoms with Crippen LogP contribution in [0.1, 0.15) is 25.0 Å². The number of hydrogen-bond donors (Lipinski definition) is 0. The van der Waals surface area contributed by atoms with E-state index in [4.69, 9.17) is 9.47 Å². The minimum Gasteiger partial charge on any atom is -0.466 e. The van der Waals surface area contributed by atoms with Crippen molar-refractivity contribution in [3.05, 3.63) is 81.4 Å². The standard InChI is InChI=1S/C24H30INO3/c1-18(2)23(17-29-16-19(3)24(27)28-4)26(14-20-8-6-5-7-9-20)15-21-10-12-22(25)13-11-21/h5-13,18,23H,3,14-17H2,1-2,4H3/t23-/m1/s1. The van der Waals surface area contributed by atoms with Crippen LogP contribution in [0.2, 0.25) is 0 Å². The van der Waals surface area contributed by atoms with Gasteiger partial charge in [0.2, 0.25) is 0 Å². The molecule has 156 valence electrons. The molecule has 0 aromatic heterocycles. The lowest BCUT2D eigenvalue weighted by Gasteiger charge is -2.34. The Morgan fingerprint density at radius 2 is 1.62 bits per heavy atom. The van der Waals surface area contributed by atoms with Gasteiger partial charge in [0, 0.05) is 22.7 Å². The lowest BCUT2D eigenvalue weighted by Crippen LogP contribution is -2.41. The highest BCUT2D eigenvalue weighted by Crippen LogP contribution is 2.20. The smallest absolute Gasteiger partial charge is 0.335 e. The molecule has 0 unspecified atom stereocenters. The summed E-state index contributed by atoms with van der Waals surface area (Å²) in [5, 5.41) is 0. The van der Waals surface area contributed by atoms with E-state index < -0.39 is 5.97 Å². The summed E-state index contributed by atoms with van der Waals surface area (Å²) in [6, 6.07) is 19.3. The molecule has 5 heteroatoms. The summed E-state index contributed by atoms with van der Waals surface area (Å²) in [7, 11) is 1.35. The van der Waals surface area contributed by atoms with E-state index in [1.54, 1.807) is 0 Å². The maximum atomic E-state index is 11.6. The van der Waals surface area contributed by atoms with Crippen LogP contribution in [0.3, 0.4) is 0 Å². The number of benzene rings is 2. The quantitative estimate of drug-likeness (QED) is 0.242. The molecule has 0 aliphatic heterocycles. The topological polar surface area (TPSA) is 38.8 Å². The zero-order chi connectivity index (χ0) is 21.2. The fraction of sp³-hybridized carbons (Fsp3) is 0.375. The number of methoxy groups -OCH3 is 1. The van der Waals surface area contributed by atoms with Crippen LogP contribution in [-0.4, -0.2) is 37.2 Å². The van der Waals surface area contributed by atoms with Crippen LogP contribution >= 0.6 is 22.6 Å². The molecule has 29 heavy (non-hydrogen) atoms. The van der Waals surface area contributed by atoms with E-state index in [9.17, 15) is 4.79 Å². The Balaban J connectivity index is 2.14. The number of nitrogens with zero attached hydrogens (tertiary/aromatic N) is 1. The minimum atomic E-state index is -0.425. The molecule has 0 fully saturated rings. The molecular formula is C24H30INO3. The molecule has 0 radical (unpaired) electrons. The number of esters is 1. The molecule has 2 aromatic carbocycles. The summed E-state index contributed by atoms with van der Waals surface area (Å²) in [6.45, 7) is 10.5. The number of carbonyl (C=O) groups is 1. The molecule has 0 spiro atoms. The molecule has 2 aromatic rings. The van der Waals surface area contributed by atoms with Crippen molar-refractivity contribution in [3.63, 3.8) is 0 Å². The second-order valence-electron chi connectivity index (χ2n) is 7.44. The van der Waals surface area contributed by atoms with Crippen LogP contribution in [0.5, 0.6) is 0 Å². The second kappa shape index (κ2) is 12.1. The van der Waals surface area contributed by atoms with E-state index in [1.165, 1.54) is 21.8 Å². The van der Waals surface area contributed by atoms with Gasteiger partial charge in [0.05, 0.1) is 25.9 Å². The molecule has 2 rings (SSSR count). The first-order valence-electron chi connectivity index (χ1n) is 9.77. The summed E-state index contributed by atoms with van der Waals surface area (Å²) in [4.78, 5) is 14.0. The maximum absolute atomic E-state index is 11.6. The molecule has 1 atom stereocenters. The molecule has 0 heterocycles. The number of rotatable bonds is 11. The van der Waals surface area contributed by atoms with Gasteiger partial charge in [-0.2, -0.15) is 0 Å². The van der Waals surface area contributed by atoms with Crippen LogP contribution < -0.4 is 0 Å². The van der Waals surface area contributed by atoms with E-state index in [0.717, 1.165) is 13.1 Å². The zero-order valence-electron chi connectivity index (χ0n) is 17.4. The Bertz CT molecular complexity index is 774. The van der Waals surface area contributed by atoms with Gasteiger partial charge in [-0.1, -0.05) is 62.9 Å². The fourth-order valence-corrected chi connectivity index (χ4v) is 3.52. The molecule has 4 nitrogen and oxygen atoms in total. The van der Waals surface area contributed by atoms with E-state index in [0.29, 0.717) is 18.1 Å². The van der Waals surface area contributed by atoms with Crippen LogP contribution in [0.4, 0.5) is 0 Å². The van der Waals surface area contributed by atoms with Crippen LogP contribution in [0, 0.1) is 9.49 Å². The average molecular weight is 507 g/mol. The molecule has 0 N–H and O–H groups in total. The third kappa shape index (κ3) is 7.91. The molecular weight excluding hydrogens is 477 g/mol. The van der Waals surface area contributed by atoms with Crippen LogP contribution in [0.25, 0.3) is 0 Å². The average Bonchev–Trinajstić information content (AvgIpc) is 2.72. The first-order valence-corrected chi connectivity index (χ1v) is 10.8. The molecule has 0 aliphatic rings. The van der Waals surface area contributed by atoms with Crippen molar-refractivity contribution in [1.29, 1.82) is 0 Å². The SMILES string of the molecule is C=C(COC[C@H](C(C)C)N(Cc1ccccc1)Cc1ccc(I)cc1)C(=O)OC. The van der Waals surface area contributed by atoms with Crippen LogP contribution in [-0.2, 0) is 27.4 Å². The van der Waals surface area contributed by atoms with E-state index >= 15 is 0 Å². The predicted octanol–water partition coefficient (Wildman–Crippen LogP) is 5.06. The van der Waals surface area contributed by atoms with E-state index in [1.807, 2.05) is 6.07 Å². The van der Waals surface area contributed by atoms with Gasteiger partial charge in [-0.15, -0.1) is 0 Å². The normalized spacial score (nSPS) is 12.2. The van der Waals surface area contributed by atoms with Crippen molar-refractivity contribution >= 4 is 28.6 Å². The van der Waals surface area contributed by atoms with Gasteiger partial charge in [-0.25, -0.2) is 4.79 Å². The van der Waals surface area contributed by atoms with Crippen LogP contribution in [0.15, 0.2) is 66.7 Å². The predicted molar refractivity (Wildman–Crippen MR) is 125 cm³/mol. The summed E-state index contributed by atoms with van der Waals surface area (Å²) < 4.78 is 11.8. The Labute approximate surface area is 188 Å². The Morgan fingerprint density at radius 1 is 1.03 bits per heavy atom. The second-order valence-corrected chi connectivity index (χ2v) is 8.68. The monoisotopic (exact) mass is 507 g/mol. The summed E-state index contributed by atoms with van der Waals surface area (Å²) in [6.07, 6.45) is 0. The van der Waals surface area contributed by atoms with Crippen molar-refractivity contribution in [2.24, 2.45) is 5.92 Å². The Kier molecular flexibility index (Phi) is 9.84. The number of hydrogen-bond acceptors (Lipinski definition) is 4. The third-order valence-corrected chi connectivity index (χ3v) is 5.52. The van der Waals surface area contributed by atoms with Gasteiger partial charge in [-0.3, -0.25) is 4.90 Å². The molecule has 0 bridgehead atoms. The van der Waals surface area contributed by atoms with Gasteiger partial charge in [0.25, 0.3) is 0 Å². The van der Waals surface area contributed by atoms with E-state index in [-0.39, 0.29) is 12.6 Å². The highest BCUT2D eigenvalue weighted by atomic mass is 127. The van der Waals surface area contributed by atoms with Crippen molar-refractivity contribution in [2.45, 2.75) is 33.0 Å². The maximum Gasteiger partial charge on any atom is 0.335 e.